The number of fused-ring (bicyclic) bond motifs is 16. The van der Waals surface area contributed by atoms with Crippen LogP contribution in [0.1, 0.15) is 22.3 Å². The molecule has 4 nitrogen and oxygen atoms in total. The van der Waals surface area contributed by atoms with Crippen LogP contribution < -0.4 is 4.90 Å². The molecule has 3 aromatic heterocycles. The number of benzene rings is 11. The number of hydrogen-bond donors (Lipinski definition) is 0. The molecule has 76 heavy (non-hydrogen) atoms. The van der Waals surface area contributed by atoms with E-state index >= 15 is 0 Å². The van der Waals surface area contributed by atoms with Gasteiger partial charge in [0.25, 0.3) is 0 Å². The Kier molecular flexibility index (Phi) is 9.39. The maximum absolute atomic E-state index is 5.45. The molecular weight excluding hydrogens is 941 g/mol. The van der Waals surface area contributed by atoms with Gasteiger partial charge in [-0.15, -0.1) is 11.3 Å². The van der Waals surface area contributed by atoms with Gasteiger partial charge in [-0.1, -0.05) is 200 Å². The van der Waals surface area contributed by atoms with Crippen molar-refractivity contribution in [3.05, 3.63) is 289 Å². The molecule has 1 spiro atoms. The van der Waals surface area contributed by atoms with Gasteiger partial charge in [-0.3, -0.25) is 4.57 Å². The largest absolute Gasteiger partial charge is 0.310 e. The summed E-state index contributed by atoms with van der Waals surface area (Å²) in [7, 11) is 0. The van der Waals surface area contributed by atoms with Crippen molar-refractivity contribution in [2.24, 2.45) is 0 Å². The summed E-state index contributed by atoms with van der Waals surface area (Å²) in [5.74, 6) is 0.626. The molecule has 0 unspecified atom stereocenters. The van der Waals surface area contributed by atoms with Crippen LogP contribution >= 0.6 is 11.3 Å². The second-order valence-corrected chi connectivity index (χ2v) is 21.1. The fraction of sp³-hybridized carbons (Fsp3) is 0.0141. The quantitative estimate of drug-likeness (QED) is 0.160. The van der Waals surface area contributed by atoms with Crippen molar-refractivity contribution in [2.75, 3.05) is 4.90 Å². The Morgan fingerprint density at radius 3 is 1.43 bits per heavy atom. The standard InChI is InChI=1S/C71H44N4S/c1-4-18-45(19-5-1)46-32-34-49(35-33-46)74(51-36-38-55-54-26-12-16-30-62(54)71(63(55)41-51)60-28-14-10-24-52(60)53-25-11-15-29-61(53)71)50-37-39-66-57(40-50)58-43-69-59(56-27-13-17-31-68(56)76-69)42-67(58)75(66)70-72-64(47-20-6-2-7-21-47)44-65(73-70)48-22-8-3-9-23-48/h1-44H. The van der Waals surface area contributed by atoms with Gasteiger partial charge in [-0.05, 0) is 122 Å². The number of rotatable bonds is 7. The highest BCUT2D eigenvalue weighted by atomic mass is 32.1. The zero-order valence-electron chi connectivity index (χ0n) is 41.1. The summed E-state index contributed by atoms with van der Waals surface area (Å²) in [6.45, 7) is 0. The molecule has 0 amide bonds. The SMILES string of the molecule is c1ccc(-c2ccc(N(c3ccc4c(c3)C3(c5ccccc5-c5ccccc53)c3ccccc3-4)c3ccc4c(c3)c3cc5sc6ccccc6c5cc3n4-c3nc(-c4ccccc4)cc(-c4ccccc4)n3)cc2)cc1. The molecule has 0 radical (unpaired) electrons. The summed E-state index contributed by atoms with van der Waals surface area (Å²) in [6.07, 6.45) is 0. The van der Waals surface area contributed by atoms with Crippen LogP contribution in [-0.4, -0.2) is 14.5 Å². The summed E-state index contributed by atoms with van der Waals surface area (Å²) in [5.41, 5.74) is 21.4. The lowest BCUT2D eigenvalue weighted by atomic mass is 9.70. The zero-order chi connectivity index (χ0) is 49.9. The Morgan fingerprint density at radius 2 is 0.803 bits per heavy atom. The highest BCUT2D eigenvalue weighted by molar-refractivity contribution is 7.25. The second kappa shape index (κ2) is 16.7. The van der Waals surface area contributed by atoms with Crippen molar-refractivity contribution in [1.29, 1.82) is 0 Å². The molecule has 0 aliphatic heterocycles. The van der Waals surface area contributed by atoms with Crippen molar-refractivity contribution >= 4 is 70.4 Å². The van der Waals surface area contributed by atoms with Crippen LogP contribution in [-0.2, 0) is 5.41 Å². The van der Waals surface area contributed by atoms with Crippen molar-refractivity contribution in [3.8, 4) is 61.8 Å². The molecule has 0 fully saturated rings. The number of thiophene rings is 1. The molecule has 0 N–H and O–H groups in total. The minimum absolute atomic E-state index is 0.488. The van der Waals surface area contributed by atoms with Gasteiger partial charge in [0.2, 0.25) is 5.95 Å². The van der Waals surface area contributed by atoms with Gasteiger partial charge < -0.3 is 4.90 Å². The van der Waals surface area contributed by atoms with E-state index in [9.17, 15) is 0 Å². The average Bonchev–Trinajstić information content (AvgIpc) is 4.35. The molecular formula is C71H44N4S. The second-order valence-electron chi connectivity index (χ2n) is 20.0. The fourth-order valence-corrected chi connectivity index (χ4v) is 13.9. The van der Waals surface area contributed by atoms with Gasteiger partial charge in [-0.2, -0.15) is 0 Å². The lowest BCUT2D eigenvalue weighted by molar-refractivity contribution is 0.793. The van der Waals surface area contributed by atoms with Crippen LogP contribution in [0.4, 0.5) is 17.1 Å². The van der Waals surface area contributed by atoms with E-state index in [-0.39, 0.29) is 0 Å². The van der Waals surface area contributed by atoms with Crippen molar-refractivity contribution in [1.82, 2.24) is 14.5 Å². The topological polar surface area (TPSA) is 34.0 Å². The van der Waals surface area contributed by atoms with E-state index in [0.29, 0.717) is 5.95 Å². The molecule has 5 heteroatoms. The Hall–Kier alpha value is -9.68. The monoisotopic (exact) mass is 984 g/mol. The van der Waals surface area contributed by atoms with E-state index in [1.54, 1.807) is 0 Å². The van der Waals surface area contributed by atoms with Gasteiger partial charge in [0.1, 0.15) is 0 Å². The zero-order valence-corrected chi connectivity index (χ0v) is 41.9. The van der Waals surface area contributed by atoms with Crippen molar-refractivity contribution in [3.63, 3.8) is 0 Å². The van der Waals surface area contributed by atoms with Crippen molar-refractivity contribution < 1.29 is 0 Å². The molecule has 2 aliphatic rings. The van der Waals surface area contributed by atoms with E-state index in [4.69, 9.17) is 9.97 Å². The predicted octanol–water partition coefficient (Wildman–Crippen LogP) is 18.8. The summed E-state index contributed by atoms with van der Waals surface area (Å²) >= 11 is 1.85. The fourth-order valence-electron chi connectivity index (χ4n) is 12.7. The normalized spacial score (nSPS) is 12.8. The maximum atomic E-state index is 5.45. The highest BCUT2D eigenvalue weighted by Crippen LogP contribution is 2.63. The molecule has 3 heterocycles. The summed E-state index contributed by atoms with van der Waals surface area (Å²) < 4.78 is 4.81. The lowest BCUT2D eigenvalue weighted by Gasteiger charge is -2.32. The van der Waals surface area contributed by atoms with Gasteiger partial charge in [0.05, 0.1) is 27.8 Å². The molecule has 11 aromatic carbocycles. The molecule has 16 rings (SSSR count). The Morgan fingerprint density at radius 1 is 0.316 bits per heavy atom. The predicted molar refractivity (Wildman–Crippen MR) is 317 cm³/mol. The number of anilines is 3. The minimum atomic E-state index is -0.488. The number of aromatic nitrogens is 3. The number of nitrogens with zero attached hydrogens (tertiary/aromatic N) is 4. The third-order valence-corrected chi connectivity index (χ3v) is 17.2. The summed E-state index contributed by atoms with van der Waals surface area (Å²) in [5, 5.41) is 4.74. The number of hydrogen-bond acceptors (Lipinski definition) is 4. The van der Waals surface area contributed by atoms with Crippen LogP contribution in [0.3, 0.4) is 0 Å². The molecule has 2 aliphatic carbocycles. The third kappa shape index (κ3) is 6.30. The minimum Gasteiger partial charge on any atom is -0.310 e. The molecule has 0 bridgehead atoms. The van der Waals surface area contributed by atoms with E-state index in [2.05, 4.69) is 276 Å². The maximum Gasteiger partial charge on any atom is 0.235 e. The van der Waals surface area contributed by atoms with E-state index in [1.807, 2.05) is 11.3 Å². The first-order valence-electron chi connectivity index (χ1n) is 26.0. The van der Waals surface area contributed by atoms with Crippen LogP contribution in [0.25, 0.3) is 104 Å². The van der Waals surface area contributed by atoms with Gasteiger partial charge >= 0.3 is 0 Å². The van der Waals surface area contributed by atoms with E-state index in [1.165, 1.54) is 75.8 Å². The summed E-state index contributed by atoms with van der Waals surface area (Å²) in [4.78, 5) is 13.4. The van der Waals surface area contributed by atoms with E-state index < -0.39 is 5.41 Å². The van der Waals surface area contributed by atoms with Crippen LogP contribution in [0.15, 0.2) is 267 Å². The first kappa shape index (κ1) is 42.8. The molecule has 0 atom stereocenters. The Bertz CT molecular complexity index is 4510. The molecule has 14 aromatic rings. The Balaban J connectivity index is 0.958. The van der Waals surface area contributed by atoms with Gasteiger partial charge in [0, 0.05) is 59.1 Å². The van der Waals surface area contributed by atoms with Crippen LogP contribution in [0.5, 0.6) is 0 Å². The van der Waals surface area contributed by atoms with Crippen LogP contribution in [0.2, 0.25) is 0 Å². The van der Waals surface area contributed by atoms with Crippen molar-refractivity contribution in [2.45, 2.75) is 5.41 Å². The van der Waals surface area contributed by atoms with Gasteiger partial charge in [0.15, 0.2) is 0 Å². The summed E-state index contributed by atoms with van der Waals surface area (Å²) in [6, 6.07) is 97.6. The molecule has 354 valence electrons. The highest BCUT2D eigenvalue weighted by Gasteiger charge is 2.51. The Labute approximate surface area is 443 Å². The molecule has 0 saturated heterocycles. The smallest absolute Gasteiger partial charge is 0.235 e. The molecule has 0 saturated carbocycles. The van der Waals surface area contributed by atoms with Gasteiger partial charge in [-0.25, -0.2) is 9.97 Å². The third-order valence-electron chi connectivity index (χ3n) is 16.0. The first-order chi connectivity index (χ1) is 37.7. The average molecular weight is 985 g/mol. The van der Waals surface area contributed by atoms with Crippen LogP contribution in [0, 0.1) is 0 Å². The first-order valence-corrected chi connectivity index (χ1v) is 26.8. The van der Waals surface area contributed by atoms with E-state index in [0.717, 1.165) is 61.4 Å². The lowest BCUT2D eigenvalue weighted by Crippen LogP contribution is -2.26.